The van der Waals surface area contributed by atoms with Crippen LogP contribution in [0.3, 0.4) is 0 Å². The van der Waals surface area contributed by atoms with Crippen molar-refractivity contribution in [3.05, 3.63) is 105 Å². The minimum Gasteiger partial charge on any atom is -0.385 e. The molecule has 1 aliphatic heterocycles. The van der Waals surface area contributed by atoms with Crippen LogP contribution in [0.2, 0.25) is 5.02 Å². The number of aliphatic hydroxyl groups excluding tert-OH is 1. The summed E-state index contributed by atoms with van der Waals surface area (Å²) < 4.78 is 1.67. The minimum absolute atomic E-state index is 0.0211. The summed E-state index contributed by atoms with van der Waals surface area (Å²) >= 11 is 5.94. The second-order valence-corrected chi connectivity index (χ2v) is 10.2. The molecule has 39 heavy (non-hydrogen) atoms. The van der Waals surface area contributed by atoms with Crippen molar-refractivity contribution in [3.8, 4) is 0 Å². The summed E-state index contributed by atoms with van der Waals surface area (Å²) in [5, 5.41) is 14.3. The van der Waals surface area contributed by atoms with Gasteiger partial charge in [0, 0.05) is 49.5 Å². The maximum absolute atomic E-state index is 13.6. The van der Waals surface area contributed by atoms with Gasteiger partial charge in [-0.05, 0) is 54.6 Å². The van der Waals surface area contributed by atoms with Gasteiger partial charge in [-0.15, -0.1) is 0 Å². The van der Waals surface area contributed by atoms with Gasteiger partial charge in [0.05, 0.1) is 16.9 Å². The lowest BCUT2D eigenvalue weighted by Crippen LogP contribution is -2.37. The summed E-state index contributed by atoms with van der Waals surface area (Å²) in [7, 11) is 3.53. The van der Waals surface area contributed by atoms with Gasteiger partial charge in [-0.1, -0.05) is 29.8 Å². The molecule has 1 aliphatic rings. The smallest absolute Gasteiger partial charge is 0.257 e. The SMILES string of the molecule is CN(Cc1cc2c3c(c1)c(=O)c(C(=O)NCc1ccc(Cl)cc1)cn3CC(=O)N2C)C[C@H](O)c1ccccn1. The van der Waals surface area contributed by atoms with E-state index in [1.165, 1.54) is 11.1 Å². The summed E-state index contributed by atoms with van der Waals surface area (Å²) in [4.78, 5) is 47.2. The molecule has 2 N–H and O–H groups in total. The zero-order chi connectivity index (χ0) is 27.7. The van der Waals surface area contributed by atoms with Gasteiger partial charge < -0.3 is 19.9 Å². The van der Waals surface area contributed by atoms with E-state index >= 15 is 0 Å². The number of carbonyl (C=O) groups excluding carboxylic acids is 2. The molecule has 10 heteroatoms. The Bertz CT molecular complexity index is 1600. The third-order valence-corrected chi connectivity index (χ3v) is 7.08. The molecule has 5 rings (SSSR count). The van der Waals surface area contributed by atoms with Gasteiger partial charge in [0.15, 0.2) is 0 Å². The lowest BCUT2D eigenvalue weighted by molar-refractivity contribution is -0.119. The van der Waals surface area contributed by atoms with Crippen LogP contribution in [0.4, 0.5) is 5.69 Å². The van der Waals surface area contributed by atoms with Crippen LogP contribution in [0.1, 0.15) is 33.3 Å². The third kappa shape index (κ3) is 5.56. The second-order valence-electron chi connectivity index (χ2n) is 9.74. The molecule has 0 unspecified atom stereocenters. The fourth-order valence-electron chi connectivity index (χ4n) is 4.81. The number of hydrogen-bond donors (Lipinski definition) is 2. The van der Waals surface area contributed by atoms with E-state index in [0.29, 0.717) is 40.4 Å². The molecular weight excluding hydrogens is 518 g/mol. The second kappa shape index (κ2) is 11.0. The molecule has 0 bridgehead atoms. The number of nitrogens with zero attached hydrogens (tertiary/aromatic N) is 4. The summed E-state index contributed by atoms with van der Waals surface area (Å²) in [5.41, 5.74) is 2.96. The number of hydrogen-bond acceptors (Lipinski definition) is 6. The molecule has 9 nitrogen and oxygen atoms in total. The first kappa shape index (κ1) is 26.6. The van der Waals surface area contributed by atoms with Gasteiger partial charge in [-0.25, -0.2) is 0 Å². The van der Waals surface area contributed by atoms with Crippen LogP contribution in [0.25, 0.3) is 10.9 Å². The maximum Gasteiger partial charge on any atom is 0.257 e. The van der Waals surface area contributed by atoms with E-state index in [4.69, 9.17) is 11.6 Å². The van der Waals surface area contributed by atoms with Crippen LogP contribution in [0.15, 0.2) is 71.8 Å². The number of anilines is 1. The molecule has 0 saturated carbocycles. The lowest BCUT2D eigenvalue weighted by atomic mass is 10.0. The molecule has 200 valence electrons. The minimum atomic E-state index is -0.785. The molecule has 0 spiro atoms. The predicted octanol–water partition coefficient (Wildman–Crippen LogP) is 3.12. The van der Waals surface area contributed by atoms with Gasteiger partial charge in [0.2, 0.25) is 11.3 Å². The molecule has 2 aromatic carbocycles. The number of carbonyl (C=O) groups is 2. The van der Waals surface area contributed by atoms with Gasteiger partial charge in [0.25, 0.3) is 5.91 Å². The van der Waals surface area contributed by atoms with Gasteiger partial charge in [-0.3, -0.25) is 24.3 Å². The van der Waals surface area contributed by atoms with Crippen LogP contribution < -0.4 is 15.6 Å². The maximum atomic E-state index is 13.6. The van der Waals surface area contributed by atoms with Crippen molar-refractivity contribution in [2.75, 3.05) is 25.5 Å². The molecule has 2 amide bonds. The lowest BCUT2D eigenvalue weighted by Gasteiger charge is -2.29. The van der Waals surface area contributed by atoms with E-state index < -0.39 is 17.4 Å². The zero-order valence-corrected chi connectivity index (χ0v) is 22.4. The van der Waals surface area contributed by atoms with Crippen molar-refractivity contribution >= 4 is 40.0 Å². The summed E-state index contributed by atoms with van der Waals surface area (Å²) in [6.45, 7) is 0.967. The first-order chi connectivity index (χ1) is 18.7. The Balaban J connectivity index is 1.46. The van der Waals surface area contributed by atoms with Crippen LogP contribution in [-0.4, -0.2) is 52.0 Å². The highest BCUT2D eigenvalue weighted by Crippen LogP contribution is 2.31. The van der Waals surface area contributed by atoms with Gasteiger partial charge >= 0.3 is 0 Å². The van der Waals surface area contributed by atoms with Crippen molar-refractivity contribution in [2.45, 2.75) is 25.7 Å². The van der Waals surface area contributed by atoms with Crippen molar-refractivity contribution in [1.82, 2.24) is 19.8 Å². The topological polar surface area (TPSA) is 108 Å². The Morgan fingerprint density at radius 2 is 1.92 bits per heavy atom. The molecule has 0 fully saturated rings. The number of aromatic nitrogens is 2. The Morgan fingerprint density at radius 1 is 1.15 bits per heavy atom. The molecule has 2 aromatic heterocycles. The molecule has 3 heterocycles. The first-order valence-corrected chi connectivity index (χ1v) is 12.9. The van der Waals surface area contributed by atoms with E-state index in [-0.39, 0.29) is 24.6 Å². The fraction of sp³-hybridized carbons (Fsp3) is 0.241. The van der Waals surface area contributed by atoms with Gasteiger partial charge in [0.1, 0.15) is 18.2 Å². The van der Waals surface area contributed by atoms with Crippen LogP contribution in [0.5, 0.6) is 0 Å². The largest absolute Gasteiger partial charge is 0.385 e. The quantitative estimate of drug-likeness (QED) is 0.352. The molecule has 0 radical (unpaired) electrons. The zero-order valence-electron chi connectivity index (χ0n) is 21.6. The number of nitrogens with one attached hydrogen (secondary N) is 1. The van der Waals surface area contributed by atoms with E-state index in [2.05, 4.69) is 10.3 Å². The number of likely N-dealkylation sites (N-methyl/N-ethyl adjacent to an activating group) is 2. The number of benzene rings is 2. The van der Waals surface area contributed by atoms with E-state index in [9.17, 15) is 19.5 Å². The van der Waals surface area contributed by atoms with Crippen molar-refractivity contribution < 1.29 is 14.7 Å². The average Bonchev–Trinajstić information content (AvgIpc) is 2.93. The van der Waals surface area contributed by atoms with E-state index in [1.54, 1.807) is 60.3 Å². The average molecular weight is 546 g/mol. The number of rotatable bonds is 8. The Kier molecular flexibility index (Phi) is 7.47. The van der Waals surface area contributed by atoms with Crippen LogP contribution in [-0.2, 0) is 24.4 Å². The monoisotopic (exact) mass is 545 g/mol. The normalized spacial score (nSPS) is 13.7. The summed E-state index contributed by atoms with van der Waals surface area (Å²) in [5.74, 6) is -0.675. The third-order valence-electron chi connectivity index (χ3n) is 6.83. The van der Waals surface area contributed by atoms with Crippen LogP contribution in [0, 0.1) is 0 Å². The number of pyridine rings is 2. The van der Waals surface area contributed by atoms with Crippen molar-refractivity contribution in [2.24, 2.45) is 0 Å². The summed E-state index contributed by atoms with van der Waals surface area (Å²) in [6, 6.07) is 16.1. The van der Waals surface area contributed by atoms with E-state index in [0.717, 1.165) is 11.1 Å². The summed E-state index contributed by atoms with van der Waals surface area (Å²) in [6.07, 6.45) is 2.31. The fourth-order valence-corrected chi connectivity index (χ4v) is 4.94. The molecule has 0 aliphatic carbocycles. The van der Waals surface area contributed by atoms with Crippen LogP contribution >= 0.6 is 11.6 Å². The predicted molar refractivity (Wildman–Crippen MR) is 150 cm³/mol. The standard InChI is InChI=1S/C29H28ClN5O4/c1-33(16-25(36)23-5-3-4-10-31-23)14-19-11-21-27-24(12-19)34(2)26(37)17-35(27)15-22(28(21)38)29(39)32-13-18-6-8-20(30)9-7-18/h3-12,15,25,36H,13-14,16-17H2,1-2H3,(H,32,39)/t25-/m0/s1. The first-order valence-electron chi connectivity index (χ1n) is 12.5. The highest BCUT2D eigenvalue weighted by Gasteiger charge is 2.27. The van der Waals surface area contributed by atoms with Crippen molar-refractivity contribution in [1.29, 1.82) is 0 Å². The van der Waals surface area contributed by atoms with Crippen molar-refractivity contribution in [3.63, 3.8) is 0 Å². The molecular formula is C29H28ClN5O4. The number of aliphatic hydroxyl groups is 1. The number of amides is 2. The molecule has 4 aromatic rings. The number of halogens is 1. The Hall–Kier alpha value is -4.05. The van der Waals surface area contributed by atoms with E-state index in [1.807, 2.05) is 24.1 Å². The highest BCUT2D eigenvalue weighted by molar-refractivity contribution is 6.30. The van der Waals surface area contributed by atoms with Gasteiger partial charge in [-0.2, -0.15) is 0 Å². The Labute approximate surface area is 230 Å². The molecule has 1 atom stereocenters. The highest BCUT2D eigenvalue weighted by atomic mass is 35.5. The Morgan fingerprint density at radius 3 is 2.64 bits per heavy atom. The molecule has 0 saturated heterocycles.